The summed E-state index contributed by atoms with van der Waals surface area (Å²) in [6, 6.07) is 19.6. The number of carbonyl (C=O) groups is 2. The quantitative estimate of drug-likeness (QED) is 0.477. The van der Waals surface area contributed by atoms with Crippen LogP contribution in [-0.4, -0.2) is 31.1 Å². The summed E-state index contributed by atoms with van der Waals surface area (Å²) in [5, 5.41) is 0. The van der Waals surface area contributed by atoms with Crippen molar-refractivity contribution in [3.63, 3.8) is 0 Å². The average molecular weight is 337 g/mol. The second-order valence-electron chi connectivity index (χ2n) is 5.66. The maximum Gasteiger partial charge on any atom is 0.354 e. The van der Waals surface area contributed by atoms with Crippen molar-refractivity contribution in [3.8, 4) is 0 Å². The van der Waals surface area contributed by atoms with Crippen LogP contribution < -0.4 is 0 Å². The molecule has 1 fully saturated rings. The van der Waals surface area contributed by atoms with Gasteiger partial charge in [-0.05, 0) is 11.1 Å². The fourth-order valence-electron chi connectivity index (χ4n) is 3.03. The Balaban J connectivity index is 2.02. The van der Waals surface area contributed by atoms with Crippen molar-refractivity contribution in [1.82, 2.24) is 4.90 Å². The van der Waals surface area contributed by atoms with Gasteiger partial charge in [-0.1, -0.05) is 60.7 Å². The molecule has 1 saturated heterocycles. The van der Waals surface area contributed by atoms with E-state index in [2.05, 4.69) is 4.74 Å². The highest BCUT2D eigenvalue weighted by molar-refractivity contribution is 5.96. The van der Waals surface area contributed by atoms with E-state index in [0.717, 1.165) is 11.1 Å². The van der Waals surface area contributed by atoms with Crippen molar-refractivity contribution in [2.24, 2.45) is 0 Å². The van der Waals surface area contributed by atoms with Crippen LogP contribution in [0.2, 0.25) is 0 Å². The number of nitrogens with zero attached hydrogens (tertiary/aromatic N) is 1. The van der Waals surface area contributed by atoms with Gasteiger partial charge in [0, 0.05) is 0 Å². The third kappa shape index (κ3) is 3.40. The van der Waals surface area contributed by atoms with Crippen LogP contribution in [0.25, 0.3) is 0 Å². The van der Waals surface area contributed by atoms with Crippen LogP contribution in [0.15, 0.2) is 72.4 Å². The molecular formula is C20H19NO4. The molecule has 0 unspecified atom stereocenters. The van der Waals surface area contributed by atoms with Gasteiger partial charge < -0.3 is 14.4 Å². The van der Waals surface area contributed by atoms with Gasteiger partial charge in [0.25, 0.3) is 0 Å². The molecular weight excluding hydrogens is 318 g/mol. The molecule has 0 amide bonds. The molecule has 0 N–H and O–H groups in total. The summed E-state index contributed by atoms with van der Waals surface area (Å²) < 4.78 is 9.56. The van der Waals surface area contributed by atoms with Gasteiger partial charge in [-0.3, -0.25) is 0 Å². The second kappa shape index (κ2) is 7.21. The highest BCUT2D eigenvalue weighted by Crippen LogP contribution is 2.57. The zero-order valence-electron chi connectivity index (χ0n) is 14.1. The molecule has 25 heavy (non-hydrogen) atoms. The predicted octanol–water partition coefficient (Wildman–Crippen LogP) is 3.01. The maximum absolute atomic E-state index is 12.3. The highest BCUT2D eigenvalue weighted by atomic mass is 16.5. The first kappa shape index (κ1) is 16.8. The minimum atomic E-state index is -0.592. The number of esters is 2. The van der Waals surface area contributed by atoms with Crippen molar-refractivity contribution < 1.29 is 19.1 Å². The Morgan fingerprint density at radius 2 is 1.32 bits per heavy atom. The first-order valence-electron chi connectivity index (χ1n) is 7.93. The van der Waals surface area contributed by atoms with Gasteiger partial charge in [0.05, 0.1) is 32.4 Å². The fourth-order valence-corrected chi connectivity index (χ4v) is 3.03. The molecule has 0 saturated carbocycles. The lowest BCUT2D eigenvalue weighted by atomic mass is 10.0. The van der Waals surface area contributed by atoms with Crippen LogP contribution in [0, 0.1) is 0 Å². The van der Waals surface area contributed by atoms with E-state index in [9.17, 15) is 9.59 Å². The number of ether oxygens (including phenoxy) is 2. The smallest absolute Gasteiger partial charge is 0.354 e. The molecule has 0 spiro atoms. The Hall–Kier alpha value is -3.08. The average Bonchev–Trinajstić information content (AvgIpc) is 3.42. The van der Waals surface area contributed by atoms with Crippen LogP contribution in [0.4, 0.5) is 0 Å². The molecule has 1 aliphatic heterocycles. The van der Waals surface area contributed by atoms with Gasteiger partial charge in [-0.15, -0.1) is 0 Å². The first-order valence-corrected chi connectivity index (χ1v) is 7.93. The van der Waals surface area contributed by atoms with Crippen molar-refractivity contribution in [3.05, 3.63) is 83.6 Å². The highest BCUT2D eigenvalue weighted by Gasteiger charge is 2.52. The molecule has 1 aliphatic rings. The lowest BCUT2D eigenvalue weighted by Gasteiger charge is -2.09. The molecule has 2 atom stereocenters. The maximum atomic E-state index is 12.3. The van der Waals surface area contributed by atoms with E-state index < -0.39 is 11.9 Å². The number of hydrogen-bond acceptors (Lipinski definition) is 5. The van der Waals surface area contributed by atoms with E-state index in [1.165, 1.54) is 20.3 Å². The van der Waals surface area contributed by atoms with Gasteiger partial charge in [-0.2, -0.15) is 0 Å². The van der Waals surface area contributed by atoms with Crippen molar-refractivity contribution in [2.45, 2.75) is 12.1 Å². The third-order valence-electron chi connectivity index (χ3n) is 4.22. The van der Waals surface area contributed by atoms with Crippen LogP contribution >= 0.6 is 0 Å². The molecule has 0 bridgehead atoms. The van der Waals surface area contributed by atoms with E-state index in [0.29, 0.717) is 0 Å². The minimum absolute atomic E-state index is 0.0430. The van der Waals surface area contributed by atoms with E-state index >= 15 is 0 Å². The van der Waals surface area contributed by atoms with E-state index in [1.807, 2.05) is 65.6 Å². The SMILES string of the molecule is COC(=O)/C=C(\C(=O)OC)N1[C@H](c2ccccc2)[C@@H]1c1ccccc1. The zero-order chi connectivity index (χ0) is 17.8. The third-order valence-corrected chi connectivity index (χ3v) is 4.22. The molecule has 5 heteroatoms. The lowest BCUT2D eigenvalue weighted by molar-refractivity contribution is -0.139. The van der Waals surface area contributed by atoms with Gasteiger partial charge in [0.2, 0.25) is 0 Å². The summed E-state index contributed by atoms with van der Waals surface area (Å²) in [6.45, 7) is 0. The summed E-state index contributed by atoms with van der Waals surface area (Å²) >= 11 is 0. The summed E-state index contributed by atoms with van der Waals surface area (Å²) in [7, 11) is 2.57. The molecule has 128 valence electrons. The van der Waals surface area contributed by atoms with Crippen molar-refractivity contribution in [2.75, 3.05) is 14.2 Å². The molecule has 5 nitrogen and oxygen atoms in total. The Kier molecular flexibility index (Phi) is 4.84. The topological polar surface area (TPSA) is 55.6 Å². The van der Waals surface area contributed by atoms with E-state index in [1.54, 1.807) is 0 Å². The monoisotopic (exact) mass is 337 g/mol. The number of carbonyl (C=O) groups excluding carboxylic acids is 2. The van der Waals surface area contributed by atoms with Gasteiger partial charge in [0.1, 0.15) is 5.70 Å². The van der Waals surface area contributed by atoms with E-state index in [4.69, 9.17) is 4.74 Å². The number of rotatable bonds is 5. The fraction of sp³-hybridized carbons (Fsp3) is 0.200. The Morgan fingerprint density at radius 3 is 1.72 bits per heavy atom. The molecule has 2 aromatic carbocycles. The lowest BCUT2D eigenvalue weighted by Crippen LogP contribution is -2.16. The molecule has 0 radical (unpaired) electrons. The Bertz CT molecular complexity index is 740. The van der Waals surface area contributed by atoms with Gasteiger partial charge >= 0.3 is 11.9 Å². The first-order chi connectivity index (χ1) is 12.2. The van der Waals surface area contributed by atoms with Crippen LogP contribution in [0.1, 0.15) is 23.2 Å². The minimum Gasteiger partial charge on any atom is -0.466 e. The predicted molar refractivity (Wildman–Crippen MR) is 92.3 cm³/mol. The molecule has 2 aromatic rings. The summed E-state index contributed by atoms with van der Waals surface area (Å²) in [5.41, 5.74) is 2.32. The Labute approximate surface area is 146 Å². The summed E-state index contributed by atoms with van der Waals surface area (Å²) in [4.78, 5) is 25.9. The number of methoxy groups -OCH3 is 2. The summed E-state index contributed by atoms with van der Waals surface area (Å²) in [5.74, 6) is -1.16. The number of hydrogen-bond donors (Lipinski definition) is 0. The van der Waals surface area contributed by atoms with Crippen molar-refractivity contribution >= 4 is 11.9 Å². The summed E-state index contributed by atoms with van der Waals surface area (Å²) in [6.07, 6.45) is 1.19. The number of benzene rings is 2. The second-order valence-corrected chi connectivity index (χ2v) is 5.66. The molecule has 0 aliphatic carbocycles. The van der Waals surface area contributed by atoms with Gasteiger partial charge in [-0.25, -0.2) is 9.59 Å². The standard InChI is InChI=1S/C20H19NO4/c1-24-17(22)13-16(20(23)25-2)21-18(14-9-5-3-6-10-14)19(21)15-11-7-4-8-12-15/h3-13,18-19H,1-2H3/b16-13+/t18-,19+,21?. The molecule has 0 aromatic heterocycles. The zero-order valence-corrected chi connectivity index (χ0v) is 14.1. The van der Waals surface area contributed by atoms with Crippen LogP contribution in [0.3, 0.4) is 0 Å². The molecule has 1 heterocycles. The van der Waals surface area contributed by atoms with Crippen LogP contribution in [-0.2, 0) is 19.1 Å². The Morgan fingerprint density at radius 1 is 0.840 bits per heavy atom. The van der Waals surface area contributed by atoms with E-state index in [-0.39, 0.29) is 17.8 Å². The molecule has 3 rings (SSSR count). The van der Waals surface area contributed by atoms with Crippen LogP contribution in [0.5, 0.6) is 0 Å². The normalized spacial score (nSPS) is 19.3. The largest absolute Gasteiger partial charge is 0.466 e. The van der Waals surface area contributed by atoms with Gasteiger partial charge in [0.15, 0.2) is 0 Å². The van der Waals surface area contributed by atoms with Crippen molar-refractivity contribution in [1.29, 1.82) is 0 Å².